The number of carbonyl (C=O) groups excluding carboxylic acids is 1. The molecule has 0 unspecified atom stereocenters. The van der Waals surface area contributed by atoms with Crippen LogP contribution in [0.15, 0.2) is 36.7 Å². The largest absolute Gasteiger partial charge is 0.497 e. The molecule has 3 rings (SSSR count). The highest BCUT2D eigenvalue weighted by atomic mass is 16.5. The van der Waals surface area contributed by atoms with Crippen LogP contribution in [0.3, 0.4) is 0 Å². The summed E-state index contributed by atoms with van der Waals surface area (Å²) in [6, 6.07) is 7.58. The maximum Gasteiger partial charge on any atom is 0.257 e. The summed E-state index contributed by atoms with van der Waals surface area (Å²) in [6.45, 7) is 0. The molecule has 1 aromatic heterocycles. The number of hydrogen-bond donors (Lipinski definition) is 2. The van der Waals surface area contributed by atoms with E-state index in [2.05, 4.69) is 15.6 Å². The molecule has 2 N–H and O–H groups in total. The first kappa shape index (κ1) is 19.0. The van der Waals surface area contributed by atoms with E-state index in [-0.39, 0.29) is 5.91 Å². The number of nitrogens with one attached hydrogen (secondary N) is 2. The van der Waals surface area contributed by atoms with E-state index in [1.54, 1.807) is 44.8 Å². The Morgan fingerprint density at radius 1 is 1.04 bits per heavy atom. The molecule has 0 aliphatic heterocycles. The highest BCUT2D eigenvalue weighted by Crippen LogP contribution is 2.29. The predicted molar refractivity (Wildman–Crippen MR) is 107 cm³/mol. The summed E-state index contributed by atoms with van der Waals surface area (Å²) >= 11 is 0. The zero-order valence-corrected chi connectivity index (χ0v) is 16.0. The number of hydrogen-bond acceptors (Lipinski definition) is 5. The van der Waals surface area contributed by atoms with Gasteiger partial charge in [-0.3, -0.25) is 9.78 Å². The molecule has 0 saturated heterocycles. The fourth-order valence-corrected chi connectivity index (χ4v) is 3.41. The van der Waals surface area contributed by atoms with Crippen LogP contribution in [0.25, 0.3) is 0 Å². The van der Waals surface area contributed by atoms with Gasteiger partial charge in [0.2, 0.25) is 0 Å². The lowest BCUT2D eigenvalue weighted by Gasteiger charge is -2.18. The van der Waals surface area contributed by atoms with Gasteiger partial charge in [-0.1, -0.05) is 25.7 Å². The lowest BCUT2D eigenvalue weighted by atomic mass is 10.1. The number of ether oxygens (including phenoxy) is 2. The molecular formula is C21H27N3O3. The van der Waals surface area contributed by atoms with E-state index in [0.717, 1.165) is 18.5 Å². The first-order chi connectivity index (χ1) is 13.2. The lowest BCUT2D eigenvalue weighted by Crippen LogP contribution is -2.19. The molecular weight excluding hydrogens is 342 g/mol. The van der Waals surface area contributed by atoms with E-state index >= 15 is 0 Å². The van der Waals surface area contributed by atoms with Crippen LogP contribution in [0.2, 0.25) is 0 Å². The molecule has 0 bridgehead atoms. The van der Waals surface area contributed by atoms with Crippen molar-refractivity contribution in [3.63, 3.8) is 0 Å². The Morgan fingerprint density at radius 2 is 1.81 bits per heavy atom. The Bertz CT molecular complexity index is 771. The van der Waals surface area contributed by atoms with Crippen LogP contribution >= 0.6 is 0 Å². The van der Waals surface area contributed by atoms with Crippen molar-refractivity contribution in [3.8, 4) is 11.5 Å². The molecule has 1 fully saturated rings. The number of rotatable bonds is 6. The first-order valence-corrected chi connectivity index (χ1v) is 9.44. The number of anilines is 2. The van der Waals surface area contributed by atoms with Gasteiger partial charge in [-0.15, -0.1) is 0 Å². The molecule has 1 amide bonds. The second-order valence-electron chi connectivity index (χ2n) is 6.82. The fraction of sp³-hybridized carbons (Fsp3) is 0.429. The van der Waals surface area contributed by atoms with Gasteiger partial charge in [0.15, 0.2) is 0 Å². The van der Waals surface area contributed by atoms with Crippen LogP contribution in [0.1, 0.15) is 48.9 Å². The number of amides is 1. The number of methoxy groups -OCH3 is 2. The second-order valence-corrected chi connectivity index (χ2v) is 6.82. The van der Waals surface area contributed by atoms with E-state index in [1.807, 2.05) is 6.07 Å². The Hall–Kier alpha value is -2.76. The van der Waals surface area contributed by atoms with Gasteiger partial charge < -0.3 is 20.1 Å². The predicted octanol–water partition coefficient (Wildman–Crippen LogP) is 4.49. The Balaban J connectivity index is 1.72. The zero-order chi connectivity index (χ0) is 19.1. The molecule has 1 aromatic carbocycles. The third kappa shape index (κ3) is 5.12. The van der Waals surface area contributed by atoms with Crippen molar-refractivity contribution in [2.75, 3.05) is 24.9 Å². The van der Waals surface area contributed by atoms with Crippen molar-refractivity contribution in [2.45, 2.75) is 44.6 Å². The van der Waals surface area contributed by atoms with Gasteiger partial charge in [0, 0.05) is 24.5 Å². The maximum atomic E-state index is 12.7. The average Bonchev–Trinajstić information content (AvgIpc) is 2.96. The fourth-order valence-electron chi connectivity index (χ4n) is 3.41. The SMILES string of the molecule is COc1ccc(OC)c(NC(=O)c2cncc(NC3CCCCCC3)c2)c1. The summed E-state index contributed by atoms with van der Waals surface area (Å²) < 4.78 is 10.5. The van der Waals surface area contributed by atoms with Crippen LogP contribution in [-0.2, 0) is 0 Å². The molecule has 0 radical (unpaired) electrons. The number of nitrogens with zero attached hydrogens (tertiary/aromatic N) is 1. The molecule has 0 atom stereocenters. The number of carbonyl (C=O) groups is 1. The maximum absolute atomic E-state index is 12.7. The van der Waals surface area contributed by atoms with Crippen molar-refractivity contribution in [2.24, 2.45) is 0 Å². The minimum atomic E-state index is -0.237. The molecule has 2 aromatic rings. The number of pyridine rings is 1. The third-order valence-electron chi connectivity index (χ3n) is 4.88. The summed E-state index contributed by atoms with van der Waals surface area (Å²) in [6.07, 6.45) is 10.8. The van der Waals surface area contributed by atoms with Gasteiger partial charge in [-0.05, 0) is 31.0 Å². The summed E-state index contributed by atoms with van der Waals surface area (Å²) in [7, 11) is 3.15. The van der Waals surface area contributed by atoms with E-state index in [0.29, 0.717) is 28.8 Å². The summed E-state index contributed by atoms with van der Waals surface area (Å²) in [5.74, 6) is 0.983. The molecule has 0 spiro atoms. The van der Waals surface area contributed by atoms with E-state index < -0.39 is 0 Å². The molecule has 27 heavy (non-hydrogen) atoms. The molecule has 1 saturated carbocycles. The van der Waals surface area contributed by atoms with Gasteiger partial charge in [-0.2, -0.15) is 0 Å². The van der Waals surface area contributed by atoms with Crippen LogP contribution < -0.4 is 20.1 Å². The molecule has 1 heterocycles. The minimum Gasteiger partial charge on any atom is -0.497 e. The molecule has 6 heteroatoms. The van der Waals surface area contributed by atoms with Gasteiger partial charge in [0.1, 0.15) is 11.5 Å². The van der Waals surface area contributed by atoms with E-state index in [9.17, 15) is 4.79 Å². The molecule has 144 valence electrons. The summed E-state index contributed by atoms with van der Waals surface area (Å²) in [5.41, 5.74) is 1.94. The smallest absolute Gasteiger partial charge is 0.257 e. The molecule has 1 aliphatic rings. The second kappa shape index (κ2) is 9.26. The van der Waals surface area contributed by atoms with Gasteiger partial charge in [0.05, 0.1) is 31.2 Å². The van der Waals surface area contributed by atoms with Crippen LogP contribution in [-0.4, -0.2) is 31.2 Å². The lowest BCUT2D eigenvalue weighted by molar-refractivity contribution is 0.102. The molecule has 6 nitrogen and oxygen atoms in total. The Kier molecular flexibility index (Phi) is 6.52. The number of aromatic nitrogens is 1. The highest BCUT2D eigenvalue weighted by Gasteiger charge is 2.15. The quantitative estimate of drug-likeness (QED) is 0.734. The van der Waals surface area contributed by atoms with E-state index in [1.165, 1.54) is 25.7 Å². The normalized spacial score (nSPS) is 14.9. The highest BCUT2D eigenvalue weighted by molar-refractivity contribution is 6.05. The van der Waals surface area contributed by atoms with Crippen LogP contribution in [0.4, 0.5) is 11.4 Å². The monoisotopic (exact) mass is 369 g/mol. The molecule has 1 aliphatic carbocycles. The van der Waals surface area contributed by atoms with Crippen molar-refractivity contribution >= 4 is 17.3 Å². The Morgan fingerprint density at radius 3 is 2.52 bits per heavy atom. The summed E-state index contributed by atoms with van der Waals surface area (Å²) in [4.78, 5) is 16.9. The van der Waals surface area contributed by atoms with Gasteiger partial charge >= 0.3 is 0 Å². The van der Waals surface area contributed by atoms with Crippen molar-refractivity contribution in [1.82, 2.24) is 4.98 Å². The average molecular weight is 369 g/mol. The topological polar surface area (TPSA) is 72.5 Å². The summed E-state index contributed by atoms with van der Waals surface area (Å²) in [5, 5.41) is 6.42. The minimum absolute atomic E-state index is 0.237. The third-order valence-corrected chi connectivity index (χ3v) is 4.88. The Labute approximate surface area is 160 Å². The van der Waals surface area contributed by atoms with Gasteiger partial charge in [-0.25, -0.2) is 0 Å². The van der Waals surface area contributed by atoms with Crippen molar-refractivity contribution in [3.05, 3.63) is 42.2 Å². The zero-order valence-electron chi connectivity index (χ0n) is 16.0. The van der Waals surface area contributed by atoms with Crippen LogP contribution in [0, 0.1) is 0 Å². The number of benzene rings is 1. The first-order valence-electron chi connectivity index (χ1n) is 9.44. The van der Waals surface area contributed by atoms with Crippen molar-refractivity contribution in [1.29, 1.82) is 0 Å². The van der Waals surface area contributed by atoms with E-state index in [4.69, 9.17) is 9.47 Å². The van der Waals surface area contributed by atoms with Crippen LogP contribution in [0.5, 0.6) is 11.5 Å². The standard InChI is InChI=1S/C21H27N3O3/c1-26-18-9-10-20(27-2)19(12-18)24-21(25)15-11-17(14-22-13-15)23-16-7-5-3-4-6-8-16/h9-14,16,23H,3-8H2,1-2H3,(H,24,25). The van der Waals surface area contributed by atoms with Crippen molar-refractivity contribution < 1.29 is 14.3 Å². The van der Waals surface area contributed by atoms with Gasteiger partial charge in [0.25, 0.3) is 5.91 Å².